The third kappa shape index (κ3) is 1.60. The quantitative estimate of drug-likeness (QED) is 0.594. The predicted molar refractivity (Wildman–Crippen MR) is 40.1 cm³/mol. The fraction of sp³-hybridized carbons (Fsp3) is 0.625. The normalized spacial score (nSPS) is 35.9. The maximum absolute atomic E-state index is 10.3. The van der Waals surface area contributed by atoms with Gasteiger partial charge in [0.1, 0.15) is 0 Å². The minimum atomic E-state index is -0.822. The molecule has 0 heterocycles. The van der Waals surface area contributed by atoms with Crippen molar-refractivity contribution in [2.75, 3.05) is 0 Å². The molecule has 0 aromatic heterocycles. The van der Waals surface area contributed by atoms with Crippen LogP contribution in [0.5, 0.6) is 0 Å². The third-order valence-corrected chi connectivity index (χ3v) is 2.22. The standard InChI is InChI=1S/C8H12O3/c1-2-8(5-7(10)11)3-6(9)4-8/h2,6,9H,1,3-5H2,(H,10,11). The Morgan fingerprint density at radius 1 is 1.73 bits per heavy atom. The summed E-state index contributed by atoms with van der Waals surface area (Å²) in [5, 5.41) is 17.5. The number of hydrogen-bond acceptors (Lipinski definition) is 2. The molecule has 62 valence electrons. The highest BCUT2D eigenvalue weighted by atomic mass is 16.4. The average Bonchev–Trinajstić information content (AvgIpc) is 1.82. The van der Waals surface area contributed by atoms with Gasteiger partial charge in [-0.15, -0.1) is 6.58 Å². The Morgan fingerprint density at radius 2 is 2.27 bits per heavy atom. The molecular formula is C8H12O3. The van der Waals surface area contributed by atoms with Gasteiger partial charge in [-0.2, -0.15) is 0 Å². The lowest BCUT2D eigenvalue weighted by Gasteiger charge is -2.42. The molecule has 1 rings (SSSR count). The van der Waals surface area contributed by atoms with E-state index in [2.05, 4.69) is 6.58 Å². The molecule has 1 fully saturated rings. The minimum absolute atomic E-state index is 0.0908. The fourth-order valence-corrected chi connectivity index (χ4v) is 1.56. The molecule has 1 aliphatic carbocycles. The Hall–Kier alpha value is -0.830. The third-order valence-electron chi connectivity index (χ3n) is 2.22. The van der Waals surface area contributed by atoms with E-state index in [-0.39, 0.29) is 17.9 Å². The van der Waals surface area contributed by atoms with E-state index in [0.717, 1.165) is 0 Å². The molecule has 0 amide bonds. The number of hydrogen-bond donors (Lipinski definition) is 2. The lowest BCUT2D eigenvalue weighted by Crippen LogP contribution is -2.40. The highest BCUT2D eigenvalue weighted by Crippen LogP contribution is 2.44. The van der Waals surface area contributed by atoms with Crippen LogP contribution in [0.4, 0.5) is 0 Å². The number of carbonyl (C=O) groups is 1. The van der Waals surface area contributed by atoms with Gasteiger partial charge in [-0.1, -0.05) is 6.08 Å². The molecule has 0 aliphatic heterocycles. The SMILES string of the molecule is C=CC1(CC(=O)O)CC(O)C1. The number of aliphatic carboxylic acids is 1. The lowest BCUT2D eigenvalue weighted by atomic mass is 9.65. The van der Waals surface area contributed by atoms with E-state index in [1.54, 1.807) is 6.08 Å². The zero-order valence-electron chi connectivity index (χ0n) is 6.29. The monoisotopic (exact) mass is 156 g/mol. The van der Waals surface area contributed by atoms with Crippen LogP contribution in [0.15, 0.2) is 12.7 Å². The van der Waals surface area contributed by atoms with Crippen molar-refractivity contribution in [2.24, 2.45) is 5.41 Å². The number of allylic oxidation sites excluding steroid dienone is 1. The van der Waals surface area contributed by atoms with Crippen molar-refractivity contribution in [3.05, 3.63) is 12.7 Å². The summed E-state index contributed by atoms with van der Waals surface area (Å²) in [6.45, 7) is 3.57. The van der Waals surface area contributed by atoms with Crippen molar-refractivity contribution in [1.29, 1.82) is 0 Å². The predicted octanol–water partition coefficient (Wildman–Crippen LogP) is 0.788. The smallest absolute Gasteiger partial charge is 0.304 e. The van der Waals surface area contributed by atoms with Gasteiger partial charge in [0.25, 0.3) is 0 Å². The summed E-state index contributed by atoms with van der Waals surface area (Å²) in [4.78, 5) is 10.3. The van der Waals surface area contributed by atoms with Crippen molar-refractivity contribution in [2.45, 2.75) is 25.4 Å². The molecule has 0 bridgehead atoms. The van der Waals surface area contributed by atoms with Crippen LogP contribution >= 0.6 is 0 Å². The Balaban J connectivity index is 2.50. The molecule has 0 aromatic carbocycles. The van der Waals surface area contributed by atoms with Gasteiger partial charge in [0, 0.05) is 5.41 Å². The Morgan fingerprint density at radius 3 is 2.55 bits per heavy atom. The van der Waals surface area contributed by atoms with Gasteiger partial charge in [0.05, 0.1) is 12.5 Å². The zero-order chi connectivity index (χ0) is 8.48. The molecular weight excluding hydrogens is 144 g/mol. The van der Waals surface area contributed by atoms with Crippen molar-refractivity contribution in [3.8, 4) is 0 Å². The van der Waals surface area contributed by atoms with Crippen molar-refractivity contribution < 1.29 is 15.0 Å². The van der Waals surface area contributed by atoms with Crippen molar-refractivity contribution in [3.63, 3.8) is 0 Å². The van der Waals surface area contributed by atoms with Gasteiger partial charge in [-0.05, 0) is 12.8 Å². The molecule has 0 radical (unpaired) electrons. The first-order valence-corrected chi connectivity index (χ1v) is 3.61. The first-order valence-electron chi connectivity index (χ1n) is 3.61. The Labute approximate surface area is 65.3 Å². The summed E-state index contributed by atoms with van der Waals surface area (Å²) in [5.74, 6) is -0.822. The number of rotatable bonds is 3. The maximum atomic E-state index is 10.3. The van der Waals surface area contributed by atoms with Crippen LogP contribution in [-0.4, -0.2) is 22.3 Å². The van der Waals surface area contributed by atoms with E-state index < -0.39 is 5.97 Å². The minimum Gasteiger partial charge on any atom is -0.481 e. The highest BCUT2D eigenvalue weighted by molar-refractivity contribution is 5.68. The molecule has 0 saturated heterocycles. The fourth-order valence-electron chi connectivity index (χ4n) is 1.56. The topological polar surface area (TPSA) is 57.5 Å². The summed E-state index contributed by atoms with van der Waals surface area (Å²) in [6.07, 6.45) is 2.50. The summed E-state index contributed by atoms with van der Waals surface area (Å²) in [5.41, 5.74) is -0.328. The zero-order valence-corrected chi connectivity index (χ0v) is 6.29. The van der Waals surface area contributed by atoms with E-state index in [1.165, 1.54) is 0 Å². The molecule has 2 N–H and O–H groups in total. The first kappa shape index (κ1) is 8.27. The van der Waals surface area contributed by atoms with Crippen LogP contribution in [0.25, 0.3) is 0 Å². The van der Waals surface area contributed by atoms with Crippen LogP contribution in [0, 0.1) is 5.41 Å². The van der Waals surface area contributed by atoms with Crippen LogP contribution in [0.1, 0.15) is 19.3 Å². The molecule has 0 unspecified atom stereocenters. The van der Waals surface area contributed by atoms with Crippen LogP contribution in [-0.2, 0) is 4.79 Å². The molecule has 3 heteroatoms. The highest BCUT2D eigenvalue weighted by Gasteiger charge is 2.42. The second kappa shape index (κ2) is 2.66. The van der Waals surface area contributed by atoms with E-state index in [9.17, 15) is 4.79 Å². The molecule has 1 aliphatic rings. The lowest BCUT2D eigenvalue weighted by molar-refractivity contribution is -0.142. The van der Waals surface area contributed by atoms with Gasteiger partial charge in [0.2, 0.25) is 0 Å². The molecule has 1 saturated carbocycles. The molecule has 3 nitrogen and oxygen atoms in total. The summed E-state index contributed by atoms with van der Waals surface area (Å²) >= 11 is 0. The van der Waals surface area contributed by atoms with Gasteiger partial charge >= 0.3 is 5.97 Å². The second-order valence-corrected chi connectivity index (χ2v) is 3.20. The number of aliphatic hydroxyl groups excluding tert-OH is 1. The van der Waals surface area contributed by atoms with Gasteiger partial charge in [-0.3, -0.25) is 4.79 Å². The molecule has 0 spiro atoms. The van der Waals surface area contributed by atoms with Gasteiger partial charge in [0.15, 0.2) is 0 Å². The van der Waals surface area contributed by atoms with E-state index in [4.69, 9.17) is 10.2 Å². The van der Waals surface area contributed by atoms with Crippen LogP contribution in [0.2, 0.25) is 0 Å². The van der Waals surface area contributed by atoms with Crippen LogP contribution in [0.3, 0.4) is 0 Å². The summed E-state index contributed by atoms with van der Waals surface area (Å²) in [6, 6.07) is 0. The molecule has 0 atom stereocenters. The van der Waals surface area contributed by atoms with Gasteiger partial charge < -0.3 is 10.2 Å². The number of aliphatic hydroxyl groups is 1. The van der Waals surface area contributed by atoms with E-state index in [1.807, 2.05) is 0 Å². The largest absolute Gasteiger partial charge is 0.481 e. The Bertz CT molecular complexity index is 180. The van der Waals surface area contributed by atoms with Crippen molar-refractivity contribution >= 4 is 5.97 Å². The second-order valence-electron chi connectivity index (χ2n) is 3.20. The average molecular weight is 156 g/mol. The van der Waals surface area contributed by atoms with Gasteiger partial charge in [-0.25, -0.2) is 0 Å². The first-order chi connectivity index (χ1) is 5.08. The maximum Gasteiger partial charge on any atom is 0.304 e. The van der Waals surface area contributed by atoms with E-state index in [0.29, 0.717) is 12.8 Å². The number of carboxylic acid groups (broad SMARTS) is 1. The van der Waals surface area contributed by atoms with Crippen LogP contribution < -0.4 is 0 Å². The summed E-state index contributed by atoms with van der Waals surface area (Å²) in [7, 11) is 0. The molecule has 11 heavy (non-hydrogen) atoms. The van der Waals surface area contributed by atoms with E-state index >= 15 is 0 Å². The molecule has 0 aromatic rings. The summed E-state index contributed by atoms with van der Waals surface area (Å²) < 4.78 is 0. The Kier molecular flexibility index (Phi) is 2.00. The van der Waals surface area contributed by atoms with Crippen molar-refractivity contribution in [1.82, 2.24) is 0 Å². The number of carboxylic acids is 1.